The maximum Gasteiger partial charge on any atom is 0.243 e. The summed E-state index contributed by atoms with van der Waals surface area (Å²) in [6, 6.07) is 20.3. The van der Waals surface area contributed by atoms with Gasteiger partial charge in [-0.25, -0.2) is 8.42 Å². The summed E-state index contributed by atoms with van der Waals surface area (Å²) in [6.45, 7) is 3.96. The van der Waals surface area contributed by atoms with E-state index < -0.39 is 16.1 Å². The van der Waals surface area contributed by atoms with Crippen molar-refractivity contribution in [1.82, 2.24) is 10.2 Å². The van der Waals surface area contributed by atoms with Crippen LogP contribution < -0.4 is 14.4 Å². The first-order valence-corrected chi connectivity index (χ1v) is 16.7. The normalized spacial score (nSPS) is 12.7. The van der Waals surface area contributed by atoms with E-state index in [1.807, 2.05) is 44.2 Å². The number of hydrogen-bond acceptors (Lipinski definition) is 5. The zero-order valence-corrected chi connectivity index (χ0v) is 27.3. The predicted octanol–water partition coefficient (Wildman–Crippen LogP) is 6.10. The van der Waals surface area contributed by atoms with Gasteiger partial charge < -0.3 is 15.0 Å². The van der Waals surface area contributed by atoms with Gasteiger partial charge in [-0.15, -0.1) is 0 Å². The number of methoxy groups -OCH3 is 1. The number of hydrogen-bond donors (Lipinski definition) is 1. The largest absolute Gasteiger partial charge is 0.497 e. The highest BCUT2D eigenvalue weighted by Gasteiger charge is 2.32. The van der Waals surface area contributed by atoms with Gasteiger partial charge in [-0.1, -0.05) is 66.5 Å². The van der Waals surface area contributed by atoms with Crippen molar-refractivity contribution in [3.63, 3.8) is 0 Å². The molecule has 0 aliphatic rings. The molecule has 3 aromatic carbocycles. The van der Waals surface area contributed by atoms with Gasteiger partial charge in [0.1, 0.15) is 11.8 Å². The highest BCUT2D eigenvalue weighted by atomic mass is 35.5. The Bertz CT molecular complexity index is 1450. The van der Waals surface area contributed by atoms with Crippen molar-refractivity contribution >= 4 is 50.7 Å². The molecule has 0 fully saturated rings. The predicted molar refractivity (Wildman–Crippen MR) is 173 cm³/mol. The van der Waals surface area contributed by atoms with Gasteiger partial charge in [0.25, 0.3) is 0 Å². The molecule has 3 aromatic rings. The quantitative estimate of drug-likeness (QED) is 0.215. The lowest BCUT2D eigenvalue weighted by Gasteiger charge is -2.33. The van der Waals surface area contributed by atoms with E-state index in [-0.39, 0.29) is 50.2 Å². The van der Waals surface area contributed by atoms with Crippen LogP contribution in [0.4, 0.5) is 5.69 Å². The van der Waals surface area contributed by atoms with Gasteiger partial charge in [0.2, 0.25) is 21.8 Å². The lowest BCUT2D eigenvalue weighted by molar-refractivity contribution is -0.141. The van der Waals surface area contributed by atoms with Crippen molar-refractivity contribution in [2.24, 2.45) is 0 Å². The van der Waals surface area contributed by atoms with E-state index in [9.17, 15) is 18.0 Å². The number of sulfonamides is 1. The third-order valence-corrected chi connectivity index (χ3v) is 9.08. The molecule has 0 aliphatic heterocycles. The molecule has 0 aliphatic carbocycles. The van der Waals surface area contributed by atoms with E-state index in [1.165, 1.54) is 16.3 Å². The van der Waals surface area contributed by atoms with Crippen LogP contribution in [0.3, 0.4) is 0 Å². The molecule has 0 heterocycles. The molecule has 0 bridgehead atoms. The summed E-state index contributed by atoms with van der Waals surface area (Å²) >= 11 is 13.0. The molecule has 0 saturated heterocycles. The fourth-order valence-electron chi connectivity index (χ4n) is 4.60. The third-order valence-electron chi connectivity index (χ3n) is 7.17. The van der Waals surface area contributed by atoms with E-state index in [0.717, 1.165) is 18.2 Å². The smallest absolute Gasteiger partial charge is 0.243 e. The van der Waals surface area contributed by atoms with Crippen LogP contribution in [0.25, 0.3) is 0 Å². The first-order chi connectivity index (χ1) is 20.4. The van der Waals surface area contributed by atoms with Crippen LogP contribution in [-0.4, -0.2) is 57.1 Å². The average molecular weight is 649 g/mol. The van der Waals surface area contributed by atoms with Crippen molar-refractivity contribution in [3.05, 3.63) is 94.0 Å². The summed E-state index contributed by atoms with van der Waals surface area (Å²) in [4.78, 5) is 29.2. The number of rotatable bonds is 15. The number of ether oxygens (including phenoxy) is 1. The number of benzene rings is 3. The summed E-state index contributed by atoms with van der Waals surface area (Å²) in [5, 5.41) is 3.80. The number of amides is 2. The van der Waals surface area contributed by atoms with Crippen LogP contribution in [0.2, 0.25) is 10.0 Å². The minimum atomic E-state index is -3.63. The SMILES string of the molecule is CC[C@@H](C)NC(=O)[C@H](Cc1ccccc1)N(Cc1c(Cl)cccc1Cl)C(=O)CCCN(c1ccc(OC)cc1)S(C)(=O)=O. The number of nitrogens with zero attached hydrogens (tertiary/aromatic N) is 2. The molecular weight excluding hydrogens is 609 g/mol. The molecule has 43 heavy (non-hydrogen) atoms. The Morgan fingerprint density at radius 1 is 0.953 bits per heavy atom. The molecule has 3 rings (SSSR count). The second-order valence-corrected chi connectivity index (χ2v) is 13.1. The Labute approximate surface area is 265 Å². The maximum absolute atomic E-state index is 14.0. The van der Waals surface area contributed by atoms with Crippen LogP contribution in [0, 0.1) is 0 Å². The summed E-state index contributed by atoms with van der Waals surface area (Å²) in [5.74, 6) is -0.00787. The molecular formula is C32H39Cl2N3O5S. The summed E-state index contributed by atoms with van der Waals surface area (Å²) in [5.41, 5.74) is 1.88. The van der Waals surface area contributed by atoms with Crippen LogP contribution in [0.15, 0.2) is 72.8 Å². The lowest BCUT2D eigenvalue weighted by Crippen LogP contribution is -2.52. The number of carbonyl (C=O) groups is 2. The monoisotopic (exact) mass is 647 g/mol. The molecule has 8 nitrogen and oxygen atoms in total. The van der Waals surface area contributed by atoms with E-state index in [2.05, 4.69) is 5.32 Å². The Kier molecular flexibility index (Phi) is 12.7. The Morgan fingerprint density at radius 3 is 2.14 bits per heavy atom. The van der Waals surface area contributed by atoms with Crippen LogP contribution in [0.1, 0.15) is 44.2 Å². The van der Waals surface area contributed by atoms with Gasteiger partial charge in [0, 0.05) is 47.6 Å². The van der Waals surface area contributed by atoms with E-state index in [0.29, 0.717) is 27.0 Å². The minimum absolute atomic E-state index is 0.00779. The molecule has 0 unspecified atom stereocenters. The zero-order valence-electron chi connectivity index (χ0n) is 24.9. The number of halogens is 2. The van der Waals surface area contributed by atoms with Crippen LogP contribution in [0.5, 0.6) is 5.75 Å². The highest BCUT2D eigenvalue weighted by molar-refractivity contribution is 7.92. The molecule has 2 atom stereocenters. The Hall–Kier alpha value is -3.27. The number of carbonyl (C=O) groups excluding carboxylic acids is 2. The van der Waals surface area contributed by atoms with Gasteiger partial charge in [-0.05, 0) is 61.7 Å². The second-order valence-electron chi connectivity index (χ2n) is 10.4. The molecule has 0 aromatic heterocycles. The van der Waals surface area contributed by atoms with Crippen molar-refractivity contribution in [2.45, 2.75) is 58.2 Å². The summed E-state index contributed by atoms with van der Waals surface area (Å²) in [7, 11) is -2.10. The maximum atomic E-state index is 14.0. The van der Waals surface area contributed by atoms with Gasteiger partial charge in [-0.2, -0.15) is 0 Å². The molecule has 232 valence electrons. The summed E-state index contributed by atoms with van der Waals surface area (Å²) < 4.78 is 31.8. The standard InChI is InChI=1S/C32H39Cl2N3O5S/c1-5-23(2)35-32(39)30(21-24-11-7-6-8-12-24)36(22-27-28(33)13-9-14-29(27)34)31(38)15-10-20-37(43(4,40)41)25-16-18-26(42-3)19-17-25/h6-9,11-14,16-19,23,30H,5,10,15,20-22H2,1-4H3,(H,35,39)/t23-,30+/m1/s1. The average Bonchev–Trinajstić information content (AvgIpc) is 2.98. The first kappa shape index (κ1) is 34.2. The van der Waals surface area contributed by atoms with E-state index >= 15 is 0 Å². The second kappa shape index (κ2) is 16.0. The zero-order chi connectivity index (χ0) is 31.6. The van der Waals surface area contributed by atoms with Gasteiger partial charge in [0.05, 0.1) is 19.1 Å². The molecule has 0 spiro atoms. The highest BCUT2D eigenvalue weighted by Crippen LogP contribution is 2.28. The van der Waals surface area contributed by atoms with Crippen LogP contribution >= 0.6 is 23.2 Å². The minimum Gasteiger partial charge on any atom is -0.497 e. The molecule has 0 radical (unpaired) electrons. The Balaban J connectivity index is 1.92. The number of anilines is 1. The summed E-state index contributed by atoms with van der Waals surface area (Å²) in [6.07, 6.45) is 2.33. The topological polar surface area (TPSA) is 96.0 Å². The Morgan fingerprint density at radius 2 is 1.58 bits per heavy atom. The molecule has 11 heteroatoms. The van der Waals surface area contributed by atoms with Crippen molar-refractivity contribution in [1.29, 1.82) is 0 Å². The van der Waals surface area contributed by atoms with Gasteiger partial charge in [-0.3, -0.25) is 13.9 Å². The van der Waals surface area contributed by atoms with Gasteiger partial charge >= 0.3 is 0 Å². The molecule has 2 amide bonds. The van der Waals surface area contributed by atoms with E-state index in [4.69, 9.17) is 27.9 Å². The van der Waals surface area contributed by atoms with Crippen molar-refractivity contribution < 1.29 is 22.7 Å². The fraction of sp³-hybridized carbons (Fsp3) is 0.375. The van der Waals surface area contributed by atoms with Crippen LogP contribution in [-0.2, 0) is 32.6 Å². The fourth-order valence-corrected chi connectivity index (χ4v) is 6.08. The molecule has 1 N–H and O–H groups in total. The van der Waals surface area contributed by atoms with E-state index in [1.54, 1.807) is 42.5 Å². The first-order valence-electron chi connectivity index (χ1n) is 14.1. The van der Waals surface area contributed by atoms with Gasteiger partial charge in [0.15, 0.2) is 0 Å². The third kappa shape index (κ3) is 9.88. The molecule has 0 saturated carbocycles. The van der Waals surface area contributed by atoms with Crippen molar-refractivity contribution in [3.8, 4) is 5.75 Å². The van der Waals surface area contributed by atoms with Crippen molar-refractivity contribution in [2.75, 3.05) is 24.2 Å². The lowest BCUT2D eigenvalue weighted by atomic mass is 10.0. The number of nitrogens with one attached hydrogen (secondary N) is 1.